The van der Waals surface area contributed by atoms with Crippen LogP contribution in [0.1, 0.15) is 23.5 Å². The van der Waals surface area contributed by atoms with Crippen molar-refractivity contribution in [1.29, 1.82) is 0 Å². The Balaban J connectivity index is 1.77. The van der Waals surface area contributed by atoms with E-state index in [9.17, 15) is 13.2 Å². The number of fused-ring (bicyclic) bond motifs is 1. The molecule has 1 aromatic rings. The van der Waals surface area contributed by atoms with E-state index < -0.39 is 11.7 Å². The lowest BCUT2D eigenvalue weighted by Crippen LogP contribution is -2.33. The summed E-state index contributed by atoms with van der Waals surface area (Å²) < 4.78 is 37.3. The van der Waals surface area contributed by atoms with Gasteiger partial charge in [-0.15, -0.1) is 0 Å². The van der Waals surface area contributed by atoms with Gasteiger partial charge in [0.1, 0.15) is 0 Å². The van der Waals surface area contributed by atoms with Crippen LogP contribution in [-0.4, -0.2) is 13.1 Å². The van der Waals surface area contributed by atoms with E-state index >= 15 is 0 Å². The van der Waals surface area contributed by atoms with E-state index in [0.29, 0.717) is 11.8 Å². The maximum atomic E-state index is 12.4. The van der Waals surface area contributed by atoms with Crippen molar-refractivity contribution in [2.24, 2.45) is 11.8 Å². The molecule has 1 N–H and O–H groups in total. The van der Waals surface area contributed by atoms with Gasteiger partial charge < -0.3 is 5.32 Å². The van der Waals surface area contributed by atoms with E-state index in [1.165, 1.54) is 12.1 Å². The van der Waals surface area contributed by atoms with Crippen molar-refractivity contribution in [3.05, 3.63) is 35.4 Å². The van der Waals surface area contributed by atoms with Crippen molar-refractivity contribution in [2.75, 3.05) is 13.1 Å². The third-order valence-electron chi connectivity index (χ3n) is 4.13. The molecule has 0 aromatic heterocycles. The second-order valence-corrected chi connectivity index (χ2v) is 5.04. The molecule has 92 valence electrons. The highest BCUT2D eigenvalue weighted by molar-refractivity contribution is 5.30. The van der Waals surface area contributed by atoms with Gasteiger partial charge in [0.25, 0.3) is 0 Å². The Labute approximate surface area is 98.0 Å². The van der Waals surface area contributed by atoms with Crippen molar-refractivity contribution < 1.29 is 13.2 Å². The van der Waals surface area contributed by atoms with Gasteiger partial charge in [-0.25, -0.2) is 0 Å². The summed E-state index contributed by atoms with van der Waals surface area (Å²) in [6.45, 7) is 2.08. The van der Waals surface area contributed by atoms with Crippen LogP contribution < -0.4 is 5.32 Å². The maximum Gasteiger partial charge on any atom is 0.416 e. The minimum absolute atomic E-state index is 0.456. The molecule has 2 fully saturated rings. The third-order valence-corrected chi connectivity index (χ3v) is 4.13. The van der Waals surface area contributed by atoms with Crippen LogP contribution in [0, 0.1) is 11.8 Å². The smallest absolute Gasteiger partial charge is 0.316 e. The summed E-state index contributed by atoms with van der Waals surface area (Å²) in [5.41, 5.74) is 0.504. The molecule has 1 nitrogen and oxygen atoms in total. The summed E-state index contributed by atoms with van der Waals surface area (Å²) in [7, 11) is 0. The van der Waals surface area contributed by atoms with Gasteiger partial charge in [-0.2, -0.15) is 13.2 Å². The molecule has 2 aliphatic rings. The van der Waals surface area contributed by atoms with E-state index in [1.54, 1.807) is 12.1 Å². The number of hydrogen-bond acceptors (Lipinski definition) is 1. The Kier molecular flexibility index (Phi) is 2.43. The zero-order valence-electron chi connectivity index (χ0n) is 9.30. The molecule has 0 bridgehead atoms. The Morgan fingerprint density at radius 3 is 2.35 bits per heavy atom. The molecule has 0 amide bonds. The van der Waals surface area contributed by atoms with Gasteiger partial charge in [0, 0.05) is 0 Å². The Hall–Kier alpha value is -1.03. The van der Waals surface area contributed by atoms with E-state index in [4.69, 9.17) is 0 Å². The summed E-state index contributed by atoms with van der Waals surface area (Å²) in [4.78, 5) is 0. The van der Waals surface area contributed by atoms with Crippen LogP contribution in [0.4, 0.5) is 13.2 Å². The normalized spacial score (nSPS) is 32.1. The van der Waals surface area contributed by atoms with Gasteiger partial charge in [0.05, 0.1) is 5.56 Å². The first kappa shape index (κ1) is 11.1. The van der Waals surface area contributed by atoms with Gasteiger partial charge in [0.2, 0.25) is 0 Å². The summed E-state index contributed by atoms with van der Waals surface area (Å²) in [6, 6.07) is 5.68. The minimum Gasteiger partial charge on any atom is -0.316 e. The summed E-state index contributed by atoms with van der Waals surface area (Å²) in [5.74, 6) is 1.83. The highest BCUT2D eigenvalue weighted by Gasteiger charge is 2.44. The first-order valence-corrected chi connectivity index (χ1v) is 5.93. The SMILES string of the molecule is FC(F)(F)c1ccc(C2CC3CNCC32)cc1. The van der Waals surface area contributed by atoms with Crippen LogP contribution in [0.3, 0.4) is 0 Å². The largest absolute Gasteiger partial charge is 0.416 e. The van der Waals surface area contributed by atoms with Crippen LogP contribution in [0.15, 0.2) is 24.3 Å². The molecule has 0 radical (unpaired) electrons. The maximum absolute atomic E-state index is 12.4. The van der Waals surface area contributed by atoms with Crippen molar-refractivity contribution in [2.45, 2.75) is 18.5 Å². The molecule has 1 heterocycles. The predicted molar refractivity (Wildman–Crippen MR) is 58.7 cm³/mol. The fourth-order valence-electron chi connectivity index (χ4n) is 3.09. The average Bonchev–Trinajstić information content (AvgIpc) is 2.60. The zero-order chi connectivity index (χ0) is 12.0. The van der Waals surface area contributed by atoms with E-state index in [2.05, 4.69) is 5.32 Å². The second-order valence-electron chi connectivity index (χ2n) is 5.04. The Bertz CT molecular complexity index is 410. The fourth-order valence-corrected chi connectivity index (χ4v) is 3.09. The quantitative estimate of drug-likeness (QED) is 0.797. The fraction of sp³-hybridized carbons (Fsp3) is 0.538. The van der Waals surface area contributed by atoms with Crippen molar-refractivity contribution in [3.63, 3.8) is 0 Å². The summed E-state index contributed by atoms with van der Waals surface area (Å²) >= 11 is 0. The van der Waals surface area contributed by atoms with Crippen molar-refractivity contribution in [1.82, 2.24) is 5.32 Å². The first-order valence-electron chi connectivity index (χ1n) is 5.93. The monoisotopic (exact) mass is 241 g/mol. The Morgan fingerprint density at radius 1 is 1.06 bits per heavy atom. The lowest BCUT2D eigenvalue weighted by molar-refractivity contribution is -0.137. The topological polar surface area (TPSA) is 12.0 Å². The molecule has 3 rings (SSSR count). The van der Waals surface area contributed by atoms with Crippen LogP contribution in [0.5, 0.6) is 0 Å². The van der Waals surface area contributed by atoms with E-state index in [-0.39, 0.29) is 0 Å². The van der Waals surface area contributed by atoms with E-state index in [1.807, 2.05) is 0 Å². The zero-order valence-corrected chi connectivity index (χ0v) is 9.30. The molecule has 4 heteroatoms. The van der Waals surface area contributed by atoms with Gasteiger partial charge in [-0.3, -0.25) is 0 Å². The van der Waals surface area contributed by atoms with Crippen molar-refractivity contribution in [3.8, 4) is 0 Å². The van der Waals surface area contributed by atoms with Crippen LogP contribution in [0.2, 0.25) is 0 Å². The third kappa shape index (κ3) is 1.84. The lowest BCUT2D eigenvalue weighted by Gasteiger charge is -2.40. The molecule has 1 saturated heterocycles. The summed E-state index contributed by atoms with van der Waals surface area (Å²) in [6.07, 6.45) is -3.11. The molecule has 17 heavy (non-hydrogen) atoms. The number of hydrogen-bond donors (Lipinski definition) is 1. The predicted octanol–water partition coefficient (Wildman–Crippen LogP) is 3.03. The average molecular weight is 241 g/mol. The van der Waals surface area contributed by atoms with Crippen LogP contribution in [-0.2, 0) is 6.18 Å². The molecule has 0 spiro atoms. The number of nitrogens with one attached hydrogen (secondary N) is 1. The first-order chi connectivity index (χ1) is 8.05. The molecular formula is C13H14F3N. The Morgan fingerprint density at radius 2 is 1.76 bits per heavy atom. The van der Waals surface area contributed by atoms with Gasteiger partial charge in [-0.1, -0.05) is 12.1 Å². The van der Waals surface area contributed by atoms with Gasteiger partial charge in [0.15, 0.2) is 0 Å². The number of benzene rings is 1. The molecule has 1 aliphatic heterocycles. The minimum atomic E-state index is -4.23. The van der Waals surface area contributed by atoms with E-state index in [0.717, 1.165) is 31.0 Å². The molecule has 1 saturated carbocycles. The standard InChI is InChI=1S/C13H14F3N/c14-13(15,16)10-3-1-8(2-4-10)11-5-9-6-17-7-12(9)11/h1-4,9,11-12,17H,5-7H2. The molecule has 1 aromatic carbocycles. The highest BCUT2D eigenvalue weighted by atomic mass is 19.4. The molecule has 3 atom stereocenters. The van der Waals surface area contributed by atoms with Crippen LogP contribution in [0.25, 0.3) is 0 Å². The molecular weight excluding hydrogens is 227 g/mol. The van der Waals surface area contributed by atoms with Gasteiger partial charge in [-0.05, 0) is 55.0 Å². The summed E-state index contributed by atoms with van der Waals surface area (Å²) in [5, 5.41) is 3.34. The van der Waals surface area contributed by atoms with Gasteiger partial charge >= 0.3 is 6.18 Å². The number of alkyl halides is 3. The molecule has 1 aliphatic carbocycles. The highest BCUT2D eigenvalue weighted by Crippen LogP contribution is 2.49. The number of rotatable bonds is 1. The van der Waals surface area contributed by atoms with Crippen molar-refractivity contribution >= 4 is 0 Å². The molecule has 3 unspecified atom stereocenters. The second kappa shape index (κ2) is 3.73. The van der Waals surface area contributed by atoms with Crippen LogP contribution >= 0.6 is 0 Å². The lowest BCUT2D eigenvalue weighted by atomic mass is 9.64. The number of halogens is 3.